The summed E-state index contributed by atoms with van der Waals surface area (Å²) in [4.78, 5) is 3.54. The molecule has 3 heteroatoms. The minimum absolute atomic E-state index is 0. The maximum absolute atomic E-state index is 9.87. The number of aryl methyl sites for hydroxylation is 4. The molecule has 0 heterocycles. The van der Waals surface area contributed by atoms with E-state index in [2.05, 4.69) is 88.6 Å². The Bertz CT molecular complexity index is 1190. The van der Waals surface area contributed by atoms with Crippen LogP contribution >= 0.6 is 0 Å². The molecular weight excluding hydrogens is 603 g/mol. The van der Waals surface area contributed by atoms with Crippen LogP contribution in [0.3, 0.4) is 0 Å². The molecule has 0 spiro atoms. The van der Waals surface area contributed by atoms with E-state index in [0.717, 1.165) is 63.4 Å². The molecule has 0 atom stereocenters. The largest absolute Gasteiger partial charge is 0.348 e. The van der Waals surface area contributed by atoms with Crippen molar-refractivity contribution in [3.05, 3.63) is 86.5 Å². The summed E-state index contributed by atoms with van der Waals surface area (Å²) >= 11 is 0. The summed E-state index contributed by atoms with van der Waals surface area (Å²) in [6.07, 6.45) is 24.4. The molecule has 2 aromatic rings. The van der Waals surface area contributed by atoms with Crippen LogP contribution in [0.5, 0.6) is 0 Å². The summed E-state index contributed by atoms with van der Waals surface area (Å²) in [6.45, 7) is 13.7. The predicted octanol–water partition coefficient (Wildman–Crippen LogP) is 13.2. The van der Waals surface area contributed by atoms with E-state index in [9.17, 15) is 5.53 Å². The van der Waals surface area contributed by atoms with Gasteiger partial charge in [0, 0.05) is 16.5 Å². The summed E-state index contributed by atoms with van der Waals surface area (Å²) in [6, 6.07) is 15.0. The van der Waals surface area contributed by atoms with E-state index in [-0.39, 0.29) is 16.5 Å². The maximum Gasteiger partial charge on any atom is 0.303 e. The molecule has 258 valence electrons. The number of rotatable bonds is 24. The van der Waals surface area contributed by atoms with Gasteiger partial charge in [0.05, 0.1) is 5.57 Å². The second-order valence-electron chi connectivity index (χ2n) is 13.3. The van der Waals surface area contributed by atoms with Crippen LogP contribution in [0.25, 0.3) is 11.1 Å². The van der Waals surface area contributed by atoms with Gasteiger partial charge in [-0.25, -0.2) is 0 Å². The van der Waals surface area contributed by atoms with Crippen LogP contribution in [0, 0.1) is 0 Å². The third-order valence-electron chi connectivity index (χ3n) is 9.12. The molecule has 0 aromatic heterocycles. The molecule has 2 nitrogen and oxygen atoms in total. The van der Waals surface area contributed by atoms with Gasteiger partial charge >= 0.3 is 5.87 Å². The standard InChI is InChI=1S/C43H66N2.Ni/c1-7-13-19-24-37-29-38(25-20-14-8-2)33-41(32-37)43(42(27-18-12-6)39(34-45-44)26-21-15-9-3)40-30-35(22-16-10-4)28-36(31-40)23-17-11-5;/h28-33H,7-27H2,1-6H3;. The van der Waals surface area contributed by atoms with Crippen molar-refractivity contribution in [3.63, 3.8) is 0 Å². The molecular formula is C43H66N2Ni. The monoisotopic (exact) mass is 668 g/mol. The van der Waals surface area contributed by atoms with Crippen molar-refractivity contribution < 1.29 is 21.3 Å². The van der Waals surface area contributed by atoms with Gasteiger partial charge in [-0.3, -0.25) is 0 Å². The average Bonchev–Trinajstić information content (AvgIpc) is 3.04. The molecule has 0 N–H and O–H groups in total. The minimum Gasteiger partial charge on any atom is -0.348 e. The summed E-state index contributed by atoms with van der Waals surface area (Å²) in [5, 5.41) is 0. The summed E-state index contributed by atoms with van der Waals surface area (Å²) in [7, 11) is 0. The van der Waals surface area contributed by atoms with Gasteiger partial charge in [0.25, 0.3) is 0 Å². The molecule has 0 aliphatic rings. The Balaban J connectivity index is 0.0000106. The topological polar surface area (TPSA) is 36.4 Å². The number of allylic oxidation sites excluding steroid dienone is 2. The van der Waals surface area contributed by atoms with Gasteiger partial charge in [-0.1, -0.05) is 136 Å². The van der Waals surface area contributed by atoms with Crippen molar-refractivity contribution in [2.45, 2.75) is 176 Å². The normalized spacial score (nSPS) is 11.4. The van der Waals surface area contributed by atoms with Crippen LogP contribution in [0.1, 0.15) is 184 Å². The zero-order valence-corrected chi connectivity index (χ0v) is 31.5. The van der Waals surface area contributed by atoms with Crippen LogP contribution in [-0.2, 0) is 42.2 Å². The average molecular weight is 670 g/mol. The molecule has 0 unspecified atom stereocenters. The van der Waals surface area contributed by atoms with Crippen molar-refractivity contribution in [1.29, 1.82) is 0 Å². The zero-order valence-electron chi connectivity index (χ0n) is 30.5. The zero-order chi connectivity index (χ0) is 32.7. The van der Waals surface area contributed by atoms with E-state index in [1.165, 1.54) is 122 Å². The molecule has 0 aliphatic heterocycles. The first-order chi connectivity index (χ1) is 22.0. The number of nitrogens with zero attached hydrogens (tertiary/aromatic N) is 2. The Hall–Kier alpha value is -2.17. The molecule has 0 saturated heterocycles. The Kier molecular flexibility index (Phi) is 23.5. The van der Waals surface area contributed by atoms with Gasteiger partial charge in [-0.05, 0) is 122 Å². The van der Waals surface area contributed by atoms with Crippen LogP contribution < -0.4 is 0 Å². The number of hydrogen-bond acceptors (Lipinski definition) is 0. The Labute approximate surface area is 294 Å². The number of unbranched alkanes of at least 4 members (excludes halogenated alkanes) is 9. The van der Waals surface area contributed by atoms with E-state index in [1.54, 1.807) is 0 Å². The Morgan fingerprint density at radius 1 is 0.500 bits per heavy atom. The fraction of sp³-hybridized carbons (Fsp3) is 0.628. The van der Waals surface area contributed by atoms with E-state index >= 15 is 0 Å². The second kappa shape index (κ2) is 25.9. The number of hydrogen-bond donors (Lipinski definition) is 0. The first kappa shape index (κ1) is 41.9. The Morgan fingerprint density at radius 2 is 0.891 bits per heavy atom. The second-order valence-corrected chi connectivity index (χ2v) is 13.3. The molecule has 0 radical (unpaired) electrons. The van der Waals surface area contributed by atoms with E-state index < -0.39 is 0 Å². The number of benzene rings is 2. The van der Waals surface area contributed by atoms with Gasteiger partial charge in [-0.15, -0.1) is 4.79 Å². The molecule has 0 saturated carbocycles. The molecule has 0 bridgehead atoms. The maximum atomic E-state index is 9.87. The summed E-state index contributed by atoms with van der Waals surface area (Å²) in [5.41, 5.74) is 22.2. The first-order valence-electron chi connectivity index (χ1n) is 19.0. The summed E-state index contributed by atoms with van der Waals surface area (Å²) in [5.74, 6) is 3.12. The smallest absolute Gasteiger partial charge is 0.303 e. The quantitative estimate of drug-likeness (QED) is 0.0266. The van der Waals surface area contributed by atoms with Gasteiger partial charge < -0.3 is 5.53 Å². The van der Waals surface area contributed by atoms with Crippen molar-refractivity contribution in [2.24, 2.45) is 0 Å². The van der Waals surface area contributed by atoms with Crippen LogP contribution in [0.15, 0.2) is 47.5 Å². The van der Waals surface area contributed by atoms with Gasteiger partial charge in [0.1, 0.15) is 0 Å². The van der Waals surface area contributed by atoms with E-state index in [4.69, 9.17) is 0 Å². The molecule has 46 heavy (non-hydrogen) atoms. The molecule has 2 rings (SSSR count). The molecule has 0 fully saturated rings. The van der Waals surface area contributed by atoms with Crippen LogP contribution in [0.4, 0.5) is 0 Å². The SMILES string of the molecule is CCCCCC(=C=[N+]=[N-])C(CCCC)=C(c1cc(CCCC)cc(CCCC)c1)c1cc(CCCCC)cc(CCCCC)c1.[Ni]. The van der Waals surface area contributed by atoms with Gasteiger partial charge in [0.2, 0.25) is 0 Å². The van der Waals surface area contributed by atoms with E-state index in [1.807, 2.05) is 0 Å². The van der Waals surface area contributed by atoms with Gasteiger partial charge in [-0.2, -0.15) is 0 Å². The fourth-order valence-electron chi connectivity index (χ4n) is 6.49. The van der Waals surface area contributed by atoms with Crippen LogP contribution in [0.2, 0.25) is 0 Å². The third kappa shape index (κ3) is 15.2. The van der Waals surface area contributed by atoms with Gasteiger partial charge in [0.15, 0.2) is 0 Å². The molecule has 0 amide bonds. The minimum atomic E-state index is 0. The third-order valence-corrected chi connectivity index (χ3v) is 9.12. The van der Waals surface area contributed by atoms with E-state index in [0.29, 0.717) is 0 Å². The van der Waals surface area contributed by atoms with Crippen molar-refractivity contribution in [2.75, 3.05) is 0 Å². The first-order valence-corrected chi connectivity index (χ1v) is 19.0. The molecule has 0 aliphatic carbocycles. The summed E-state index contributed by atoms with van der Waals surface area (Å²) < 4.78 is 0. The fourth-order valence-corrected chi connectivity index (χ4v) is 6.49. The van der Waals surface area contributed by atoms with Crippen molar-refractivity contribution in [3.8, 4) is 0 Å². The molecule has 2 aromatic carbocycles. The predicted molar refractivity (Wildman–Crippen MR) is 198 cm³/mol. The van der Waals surface area contributed by atoms with Crippen LogP contribution in [-0.4, -0.2) is 10.7 Å². The van der Waals surface area contributed by atoms with Crippen molar-refractivity contribution in [1.82, 2.24) is 0 Å². The Morgan fingerprint density at radius 3 is 1.28 bits per heavy atom. The van der Waals surface area contributed by atoms with Crippen molar-refractivity contribution >= 4 is 11.4 Å².